The molecule has 1 aromatic carbocycles. The van der Waals surface area contributed by atoms with Crippen molar-refractivity contribution in [2.45, 2.75) is 64.7 Å². The van der Waals surface area contributed by atoms with Gasteiger partial charge in [-0.3, -0.25) is 9.20 Å². The average molecular weight is 442 g/mol. The van der Waals surface area contributed by atoms with Crippen molar-refractivity contribution >= 4 is 28.2 Å². The van der Waals surface area contributed by atoms with Crippen LogP contribution in [0.25, 0.3) is 28.1 Å². The number of benzene rings is 1. The predicted octanol–water partition coefficient (Wildman–Crippen LogP) is 4.95. The van der Waals surface area contributed by atoms with Gasteiger partial charge in [0.1, 0.15) is 23.6 Å². The van der Waals surface area contributed by atoms with Gasteiger partial charge in [0.2, 0.25) is 5.82 Å². The van der Waals surface area contributed by atoms with Gasteiger partial charge in [-0.15, -0.1) is 0 Å². The highest BCUT2D eigenvalue weighted by Crippen LogP contribution is 2.39. The molecular weight excluding hydrogens is 418 g/mol. The standard InChI is InChI=1S/C22H24ClN5O3/c1-5-12(2)28-17-13(23)7-6-8-14(17)27-11-24-16(18(27)21(28)29)19-25-20(31-26-19)15-9-10-22(3,4)30-15/h6-8,11-12,15H,5,9-10H2,1-4H3. The summed E-state index contributed by atoms with van der Waals surface area (Å²) in [5.74, 6) is 0.688. The van der Waals surface area contributed by atoms with Gasteiger partial charge in [-0.1, -0.05) is 29.7 Å². The van der Waals surface area contributed by atoms with E-state index in [0.717, 1.165) is 24.8 Å². The summed E-state index contributed by atoms with van der Waals surface area (Å²) in [5.41, 5.74) is 1.86. The van der Waals surface area contributed by atoms with E-state index in [0.29, 0.717) is 27.6 Å². The number of hydrogen-bond acceptors (Lipinski definition) is 6. The Morgan fingerprint density at radius 3 is 2.84 bits per heavy atom. The zero-order chi connectivity index (χ0) is 21.9. The third-order valence-electron chi connectivity index (χ3n) is 6.09. The van der Waals surface area contributed by atoms with Crippen molar-refractivity contribution in [2.24, 2.45) is 0 Å². The highest BCUT2D eigenvalue weighted by atomic mass is 35.5. The van der Waals surface area contributed by atoms with Crippen LogP contribution in [-0.2, 0) is 4.74 Å². The Labute approximate surface area is 183 Å². The smallest absolute Gasteiger partial charge is 0.278 e. The number of aromatic nitrogens is 5. The molecule has 0 saturated carbocycles. The number of para-hydroxylation sites is 1. The number of nitrogens with zero attached hydrogens (tertiary/aromatic N) is 5. The lowest BCUT2D eigenvalue weighted by Crippen LogP contribution is -2.26. The van der Waals surface area contributed by atoms with E-state index in [1.54, 1.807) is 21.4 Å². The van der Waals surface area contributed by atoms with Crippen LogP contribution in [0.5, 0.6) is 0 Å². The van der Waals surface area contributed by atoms with E-state index >= 15 is 0 Å². The van der Waals surface area contributed by atoms with Crippen LogP contribution in [0.3, 0.4) is 0 Å². The minimum Gasteiger partial charge on any atom is -0.363 e. The first-order chi connectivity index (χ1) is 14.8. The van der Waals surface area contributed by atoms with Gasteiger partial charge >= 0.3 is 0 Å². The van der Waals surface area contributed by atoms with Crippen molar-refractivity contribution in [3.05, 3.63) is 45.8 Å². The number of halogens is 1. The van der Waals surface area contributed by atoms with Crippen LogP contribution in [0.2, 0.25) is 5.02 Å². The van der Waals surface area contributed by atoms with Crippen molar-refractivity contribution in [3.8, 4) is 11.5 Å². The van der Waals surface area contributed by atoms with E-state index in [1.165, 1.54) is 0 Å². The van der Waals surface area contributed by atoms with Gasteiger partial charge in [0.05, 0.1) is 21.7 Å². The summed E-state index contributed by atoms with van der Waals surface area (Å²) in [7, 11) is 0. The maximum Gasteiger partial charge on any atom is 0.278 e. The topological polar surface area (TPSA) is 87.5 Å². The molecule has 1 aliphatic heterocycles. The predicted molar refractivity (Wildman–Crippen MR) is 117 cm³/mol. The van der Waals surface area contributed by atoms with Crippen LogP contribution < -0.4 is 5.56 Å². The normalized spacial score (nSPS) is 19.5. The third kappa shape index (κ3) is 3.16. The van der Waals surface area contributed by atoms with E-state index in [4.69, 9.17) is 20.9 Å². The molecule has 4 heterocycles. The van der Waals surface area contributed by atoms with Crippen LogP contribution in [0.1, 0.15) is 65.0 Å². The molecule has 4 aromatic rings. The molecule has 0 amide bonds. The van der Waals surface area contributed by atoms with Crippen molar-refractivity contribution in [1.82, 2.24) is 24.1 Å². The van der Waals surface area contributed by atoms with Crippen LogP contribution >= 0.6 is 11.6 Å². The van der Waals surface area contributed by atoms with E-state index in [9.17, 15) is 4.79 Å². The summed E-state index contributed by atoms with van der Waals surface area (Å²) in [5, 5.41) is 4.64. The fraction of sp³-hybridized carbons (Fsp3) is 0.455. The SMILES string of the molecule is CCC(C)n1c(=O)c2c(-c3noc(C4CCC(C)(C)O4)n3)ncn2c2cccc(Cl)c21. The monoisotopic (exact) mass is 441 g/mol. The Bertz CT molecular complexity index is 1350. The maximum absolute atomic E-state index is 13.6. The largest absolute Gasteiger partial charge is 0.363 e. The molecule has 9 heteroatoms. The second-order valence-corrected chi connectivity index (χ2v) is 9.12. The van der Waals surface area contributed by atoms with Crippen LogP contribution in [-0.4, -0.2) is 29.7 Å². The quantitative estimate of drug-likeness (QED) is 0.445. The molecule has 0 bridgehead atoms. The third-order valence-corrected chi connectivity index (χ3v) is 6.39. The first-order valence-electron chi connectivity index (χ1n) is 10.5. The van der Waals surface area contributed by atoms with E-state index in [1.807, 2.05) is 39.8 Å². The summed E-state index contributed by atoms with van der Waals surface area (Å²) in [6.07, 6.45) is 3.86. The van der Waals surface area contributed by atoms with Gasteiger partial charge in [-0.25, -0.2) is 4.98 Å². The highest BCUT2D eigenvalue weighted by molar-refractivity contribution is 6.35. The minimum atomic E-state index is -0.249. The number of fused-ring (bicyclic) bond motifs is 3. The molecular formula is C22H24ClN5O3. The lowest BCUT2D eigenvalue weighted by molar-refractivity contribution is -0.0292. The lowest BCUT2D eigenvalue weighted by atomic mass is 10.1. The molecule has 1 fully saturated rings. The molecule has 0 aliphatic carbocycles. The van der Waals surface area contributed by atoms with Crippen LogP contribution in [0.4, 0.5) is 0 Å². The molecule has 1 aliphatic rings. The van der Waals surface area contributed by atoms with Gasteiger partial charge in [0.25, 0.3) is 11.4 Å². The minimum absolute atomic E-state index is 0.0439. The summed E-state index contributed by atoms with van der Waals surface area (Å²) in [6, 6.07) is 5.53. The molecule has 0 N–H and O–H groups in total. The molecule has 2 unspecified atom stereocenters. The fourth-order valence-electron chi connectivity index (χ4n) is 4.27. The van der Waals surface area contributed by atoms with Crippen LogP contribution in [0.15, 0.2) is 33.8 Å². The molecule has 0 spiro atoms. The number of hydrogen-bond donors (Lipinski definition) is 0. The second-order valence-electron chi connectivity index (χ2n) is 8.71. The number of rotatable bonds is 4. The zero-order valence-electron chi connectivity index (χ0n) is 17.9. The Morgan fingerprint density at radius 1 is 1.32 bits per heavy atom. The molecule has 8 nitrogen and oxygen atoms in total. The molecule has 2 atom stereocenters. The van der Waals surface area contributed by atoms with Gasteiger partial charge < -0.3 is 13.8 Å². The molecule has 0 radical (unpaired) electrons. The van der Waals surface area contributed by atoms with Gasteiger partial charge in [0.15, 0.2) is 0 Å². The van der Waals surface area contributed by atoms with Gasteiger partial charge in [-0.2, -0.15) is 4.98 Å². The Hall–Kier alpha value is -2.71. The van der Waals surface area contributed by atoms with Gasteiger partial charge in [-0.05, 0) is 52.2 Å². The van der Waals surface area contributed by atoms with Crippen molar-refractivity contribution in [1.29, 1.82) is 0 Å². The Kier molecular flexibility index (Phi) is 4.67. The maximum atomic E-state index is 13.6. The molecule has 5 rings (SSSR count). The lowest BCUT2D eigenvalue weighted by Gasteiger charge is -2.18. The molecule has 3 aromatic heterocycles. The average Bonchev–Trinajstić information content (AvgIpc) is 3.46. The zero-order valence-corrected chi connectivity index (χ0v) is 18.7. The van der Waals surface area contributed by atoms with Crippen molar-refractivity contribution in [2.75, 3.05) is 0 Å². The van der Waals surface area contributed by atoms with E-state index < -0.39 is 0 Å². The molecule has 162 valence electrons. The number of ether oxygens (including phenoxy) is 1. The Morgan fingerprint density at radius 2 is 2.13 bits per heavy atom. The van der Waals surface area contributed by atoms with Crippen molar-refractivity contribution < 1.29 is 9.26 Å². The number of imidazole rings is 1. The summed E-state index contributed by atoms with van der Waals surface area (Å²) < 4.78 is 15.0. The summed E-state index contributed by atoms with van der Waals surface area (Å²) in [6.45, 7) is 8.12. The Balaban J connectivity index is 1.71. The van der Waals surface area contributed by atoms with Crippen LogP contribution in [0, 0.1) is 0 Å². The highest BCUT2D eigenvalue weighted by Gasteiger charge is 2.36. The van der Waals surface area contributed by atoms with Gasteiger partial charge in [0, 0.05) is 6.04 Å². The fourth-order valence-corrected chi connectivity index (χ4v) is 4.53. The summed E-state index contributed by atoms with van der Waals surface area (Å²) >= 11 is 6.51. The van der Waals surface area contributed by atoms with E-state index in [2.05, 4.69) is 15.1 Å². The van der Waals surface area contributed by atoms with Crippen molar-refractivity contribution in [3.63, 3.8) is 0 Å². The first-order valence-corrected chi connectivity index (χ1v) is 10.9. The molecule has 31 heavy (non-hydrogen) atoms. The van der Waals surface area contributed by atoms with E-state index in [-0.39, 0.29) is 29.1 Å². The first kappa shape index (κ1) is 20.2. The summed E-state index contributed by atoms with van der Waals surface area (Å²) in [4.78, 5) is 22.6. The molecule has 1 saturated heterocycles. The second kappa shape index (κ2) is 7.17.